The van der Waals surface area contributed by atoms with Crippen molar-refractivity contribution in [3.63, 3.8) is 0 Å². The second-order valence-electron chi connectivity index (χ2n) is 4.51. The van der Waals surface area contributed by atoms with Gasteiger partial charge in [0.25, 0.3) is 5.91 Å². The summed E-state index contributed by atoms with van der Waals surface area (Å²) < 4.78 is 11.7. The first kappa shape index (κ1) is 23.5. The Hall–Kier alpha value is -2.53. The molecule has 0 fully saturated rings. The van der Waals surface area contributed by atoms with Gasteiger partial charge in [0.15, 0.2) is 5.76 Å². The molecule has 0 aliphatic rings. The molecule has 0 saturated heterocycles. The second-order valence-corrected chi connectivity index (χ2v) is 6.32. The van der Waals surface area contributed by atoms with Gasteiger partial charge in [0.2, 0.25) is 16.0 Å². The highest BCUT2D eigenvalue weighted by Gasteiger charge is 2.18. The fraction of sp³-hybridized carbons (Fsp3) is 0.353. The smallest absolute Gasteiger partial charge is 0.380 e. The first-order valence-electron chi connectivity index (χ1n) is 8.53. The van der Waals surface area contributed by atoms with E-state index in [4.69, 9.17) is 9.15 Å². The van der Waals surface area contributed by atoms with E-state index in [1.165, 1.54) is 13.2 Å². The summed E-state index contributed by atoms with van der Waals surface area (Å²) in [6, 6.07) is 3.17. The molecule has 1 N–H and O–H groups in total. The van der Waals surface area contributed by atoms with Crippen LogP contribution < -0.4 is 15.7 Å². The van der Waals surface area contributed by atoms with E-state index in [0.29, 0.717) is 9.60 Å². The summed E-state index contributed by atoms with van der Waals surface area (Å²) in [5, 5.41) is 15.2. The highest BCUT2D eigenvalue weighted by Crippen LogP contribution is 2.23. The number of amides is 1. The molecule has 1 amide bonds. The maximum atomic E-state index is 12.2. The Morgan fingerprint density at radius 2 is 1.96 bits per heavy atom. The predicted molar refractivity (Wildman–Crippen MR) is 112 cm³/mol. The molecule has 3 rings (SSSR count). The van der Waals surface area contributed by atoms with Crippen molar-refractivity contribution in [2.75, 3.05) is 12.4 Å². The molecule has 9 nitrogen and oxygen atoms in total. The van der Waals surface area contributed by atoms with Gasteiger partial charge in [-0.3, -0.25) is 10.1 Å². The molecule has 0 aromatic carbocycles. The van der Waals surface area contributed by atoms with Crippen molar-refractivity contribution in [3.8, 4) is 10.9 Å². The van der Waals surface area contributed by atoms with Crippen molar-refractivity contribution in [2.45, 2.75) is 34.6 Å². The van der Waals surface area contributed by atoms with E-state index in [0.717, 1.165) is 17.0 Å². The number of aromatic nitrogens is 4. The minimum absolute atomic E-state index is 0.0149. The zero-order valence-corrected chi connectivity index (χ0v) is 18.8. The Morgan fingerprint density at radius 1 is 1.29 bits per heavy atom. The lowest BCUT2D eigenvalue weighted by atomic mass is 10.3. The van der Waals surface area contributed by atoms with Gasteiger partial charge in [-0.15, -0.1) is 10.2 Å². The number of anilines is 1. The van der Waals surface area contributed by atoms with Crippen LogP contribution in [0.25, 0.3) is 5.13 Å². The van der Waals surface area contributed by atoms with Crippen LogP contribution in [-0.4, -0.2) is 33.0 Å². The predicted octanol–water partition coefficient (Wildman–Crippen LogP) is 4.06. The van der Waals surface area contributed by atoms with E-state index in [-0.39, 0.29) is 16.6 Å². The van der Waals surface area contributed by atoms with E-state index in [1.54, 1.807) is 10.9 Å². The van der Waals surface area contributed by atoms with Crippen LogP contribution in [0.3, 0.4) is 0 Å². The number of halogens is 1. The van der Waals surface area contributed by atoms with Crippen LogP contribution in [-0.2, 0) is 0 Å². The molecule has 0 radical (unpaired) electrons. The molecule has 152 valence electrons. The minimum Gasteiger partial charge on any atom is -0.489 e. The number of methoxy groups -OCH3 is 1. The van der Waals surface area contributed by atoms with Gasteiger partial charge in [-0.05, 0) is 28.9 Å². The molecule has 0 saturated carbocycles. The molecular formula is C17H22BrN5O4S. The number of aryl methyl sites for hydroxylation is 1. The normalized spacial score (nSPS) is 9.54. The van der Waals surface area contributed by atoms with E-state index >= 15 is 0 Å². The third kappa shape index (κ3) is 5.49. The molecule has 3 aromatic rings. The number of hydrogen-bond acceptors (Lipinski definition) is 8. The Bertz CT molecular complexity index is 967. The number of ether oxygens (including phenoxy) is 1. The molecule has 0 aliphatic heterocycles. The Morgan fingerprint density at radius 3 is 2.50 bits per heavy atom. The summed E-state index contributed by atoms with van der Waals surface area (Å²) in [7, 11) is 1.33. The molecule has 28 heavy (non-hydrogen) atoms. The van der Waals surface area contributed by atoms with Crippen molar-refractivity contribution in [1.29, 1.82) is 0 Å². The van der Waals surface area contributed by atoms with Gasteiger partial charge in [-0.2, -0.15) is 5.10 Å². The molecule has 11 heteroatoms. The fourth-order valence-corrected chi connectivity index (χ4v) is 3.12. The van der Waals surface area contributed by atoms with Gasteiger partial charge >= 0.3 is 5.63 Å². The van der Waals surface area contributed by atoms with Gasteiger partial charge in [0, 0.05) is 18.0 Å². The van der Waals surface area contributed by atoms with Crippen molar-refractivity contribution in [3.05, 3.63) is 44.7 Å². The van der Waals surface area contributed by atoms with Gasteiger partial charge in [-0.1, -0.05) is 39.0 Å². The van der Waals surface area contributed by atoms with E-state index in [9.17, 15) is 9.59 Å². The minimum atomic E-state index is -0.762. The van der Waals surface area contributed by atoms with E-state index < -0.39 is 11.5 Å². The molecule has 3 aromatic heterocycles. The molecule has 0 unspecified atom stereocenters. The molecular weight excluding hydrogens is 450 g/mol. The average Bonchev–Trinajstić information content (AvgIpc) is 3.33. The number of nitrogens with one attached hydrogen (secondary N) is 1. The van der Waals surface area contributed by atoms with E-state index in [2.05, 4.69) is 36.5 Å². The van der Waals surface area contributed by atoms with Crippen LogP contribution >= 0.6 is 27.3 Å². The molecule has 3 heterocycles. The molecule has 0 bridgehead atoms. The molecule has 0 spiro atoms. The monoisotopic (exact) mass is 471 g/mol. The SMILES string of the molecule is CC.CC.COc1c(Br)cc(C(=O)Nc2nnc(-n3nccc3C)s2)oc1=O. The number of carbonyl (C=O) groups is 1. The van der Waals surface area contributed by atoms with Crippen LogP contribution in [0.15, 0.2) is 32.0 Å². The van der Waals surface area contributed by atoms with Gasteiger partial charge in [0.05, 0.1) is 11.6 Å². The topological polar surface area (TPSA) is 112 Å². The lowest BCUT2D eigenvalue weighted by Gasteiger charge is -2.03. The van der Waals surface area contributed by atoms with Crippen molar-refractivity contribution in [2.24, 2.45) is 0 Å². The van der Waals surface area contributed by atoms with Crippen molar-refractivity contribution < 1.29 is 13.9 Å². The Kier molecular flexibility index (Phi) is 9.52. The van der Waals surface area contributed by atoms with Crippen LogP contribution in [0, 0.1) is 6.92 Å². The lowest BCUT2D eigenvalue weighted by Crippen LogP contribution is -2.15. The lowest BCUT2D eigenvalue weighted by molar-refractivity contribution is 0.0991. The first-order chi connectivity index (χ1) is 13.5. The third-order valence-electron chi connectivity index (χ3n) is 2.94. The van der Waals surface area contributed by atoms with Crippen LogP contribution in [0.4, 0.5) is 5.13 Å². The maximum absolute atomic E-state index is 12.2. The fourth-order valence-electron chi connectivity index (χ4n) is 1.83. The van der Waals surface area contributed by atoms with Crippen molar-refractivity contribution >= 4 is 38.3 Å². The van der Waals surface area contributed by atoms with Crippen LogP contribution in [0.5, 0.6) is 5.75 Å². The van der Waals surface area contributed by atoms with Gasteiger partial charge < -0.3 is 9.15 Å². The summed E-state index contributed by atoms with van der Waals surface area (Å²) in [5.74, 6) is -0.825. The number of nitrogens with zero attached hydrogens (tertiary/aromatic N) is 4. The summed E-state index contributed by atoms with van der Waals surface area (Å²) >= 11 is 4.28. The zero-order valence-electron chi connectivity index (χ0n) is 16.4. The van der Waals surface area contributed by atoms with Gasteiger partial charge in [0.1, 0.15) is 0 Å². The number of carbonyl (C=O) groups excluding carboxylic acids is 1. The maximum Gasteiger partial charge on any atom is 0.380 e. The standard InChI is InChI=1S/C13H10BrN5O4S.2C2H6/c1-6-3-4-15-19(6)13-18-17-12(24-13)16-10(20)8-5-7(14)9(22-2)11(21)23-8;2*1-2/h3-5H,1-2H3,(H,16,17,20);2*1-2H3. The Labute approximate surface area is 174 Å². The number of hydrogen-bond donors (Lipinski definition) is 1. The second kappa shape index (κ2) is 11.3. The highest BCUT2D eigenvalue weighted by molar-refractivity contribution is 9.10. The quantitative estimate of drug-likeness (QED) is 0.609. The highest BCUT2D eigenvalue weighted by atomic mass is 79.9. The summed E-state index contributed by atoms with van der Waals surface area (Å²) in [4.78, 5) is 23.9. The first-order valence-corrected chi connectivity index (χ1v) is 10.1. The Balaban J connectivity index is 0.000000921. The third-order valence-corrected chi connectivity index (χ3v) is 4.34. The summed E-state index contributed by atoms with van der Waals surface area (Å²) in [6.07, 6.45) is 1.64. The van der Waals surface area contributed by atoms with E-state index in [1.807, 2.05) is 40.7 Å². The van der Waals surface area contributed by atoms with Crippen LogP contribution in [0.2, 0.25) is 0 Å². The summed E-state index contributed by atoms with van der Waals surface area (Å²) in [5.41, 5.74) is 0.122. The largest absolute Gasteiger partial charge is 0.489 e. The van der Waals surface area contributed by atoms with Crippen molar-refractivity contribution in [1.82, 2.24) is 20.0 Å². The molecule has 0 aliphatic carbocycles. The molecule has 0 atom stereocenters. The summed E-state index contributed by atoms with van der Waals surface area (Å²) in [6.45, 7) is 9.87. The van der Waals surface area contributed by atoms with Crippen LogP contribution in [0.1, 0.15) is 43.9 Å². The number of rotatable bonds is 4. The zero-order chi connectivity index (χ0) is 21.3. The van der Waals surface area contributed by atoms with Gasteiger partial charge in [-0.25, -0.2) is 9.48 Å². The average molecular weight is 472 g/mol.